The van der Waals surface area contributed by atoms with Gasteiger partial charge in [0, 0.05) is 12.1 Å². The molecule has 1 rings (SSSR count). The van der Waals surface area contributed by atoms with Crippen molar-refractivity contribution in [3.05, 3.63) is 29.8 Å². The zero-order valence-corrected chi connectivity index (χ0v) is 11.3. The second kappa shape index (κ2) is 6.03. The topological polar surface area (TPSA) is 32.7 Å². The fraction of sp³-hybridized carbons (Fsp3) is 0.571. The van der Waals surface area contributed by atoms with Crippen LogP contribution in [-0.2, 0) is 0 Å². The summed E-state index contributed by atoms with van der Waals surface area (Å²) in [5.74, 6) is 0.811. The minimum Gasteiger partial charge on any atom is -0.497 e. The molecular formula is C14H23NO2. The van der Waals surface area contributed by atoms with Gasteiger partial charge in [-0.2, -0.15) is 0 Å². The van der Waals surface area contributed by atoms with E-state index in [-0.39, 0.29) is 6.04 Å². The molecule has 0 radical (unpaired) electrons. The van der Waals surface area contributed by atoms with Crippen LogP contribution in [0.1, 0.15) is 32.4 Å². The van der Waals surface area contributed by atoms with Gasteiger partial charge in [-0.1, -0.05) is 12.1 Å². The third-order valence-corrected chi connectivity index (χ3v) is 3.37. The van der Waals surface area contributed by atoms with Crippen molar-refractivity contribution in [1.29, 1.82) is 0 Å². The van der Waals surface area contributed by atoms with Gasteiger partial charge in [-0.3, -0.25) is 4.90 Å². The number of rotatable bonds is 5. The van der Waals surface area contributed by atoms with Crippen LogP contribution >= 0.6 is 0 Å². The van der Waals surface area contributed by atoms with Crippen molar-refractivity contribution in [2.75, 3.05) is 14.2 Å². The van der Waals surface area contributed by atoms with E-state index in [1.54, 1.807) is 7.11 Å². The van der Waals surface area contributed by atoms with Crippen LogP contribution in [0.3, 0.4) is 0 Å². The molecule has 2 unspecified atom stereocenters. The molecule has 3 nitrogen and oxygen atoms in total. The second-order valence-electron chi connectivity index (χ2n) is 4.72. The van der Waals surface area contributed by atoms with Gasteiger partial charge in [-0.25, -0.2) is 0 Å². The van der Waals surface area contributed by atoms with E-state index in [1.807, 2.05) is 38.2 Å². The number of benzene rings is 1. The van der Waals surface area contributed by atoms with Gasteiger partial charge in [0.25, 0.3) is 0 Å². The van der Waals surface area contributed by atoms with Crippen molar-refractivity contribution < 1.29 is 9.84 Å². The first kappa shape index (κ1) is 14.0. The maximum atomic E-state index is 10.3. The van der Waals surface area contributed by atoms with Crippen molar-refractivity contribution >= 4 is 0 Å². The summed E-state index contributed by atoms with van der Waals surface area (Å²) >= 11 is 0. The Morgan fingerprint density at radius 1 is 1.12 bits per heavy atom. The Kier molecular flexibility index (Phi) is 4.97. The van der Waals surface area contributed by atoms with E-state index in [0.717, 1.165) is 11.3 Å². The summed E-state index contributed by atoms with van der Waals surface area (Å²) < 4.78 is 5.10. The summed E-state index contributed by atoms with van der Waals surface area (Å²) in [6, 6.07) is 8.07. The molecule has 3 heteroatoms. The first-order chi connectivity index (χ1) is 7.97. The molecule has 96 valence electrons. The minimum atomic E-state index is -0.478. The van der Waals surface area contributed by atoms with Crippen molar-refractivity contribution in [2.45, 2.75) is 39.0 Å². The lowest BCUT2D eigenvalue weighted by Gasteiger charge is -2.32. The predicted molar refractivity (Wildman–Crippen MR) is 70.3 cm³/mol. The first-order valence-electron chi connectivity index (χ1n) is 6.01. The Morgan fingerprint density at radius 2 is 1.65 bits per heavy atom. The Hall–Kier alpha value is -1.06. The van der Waals surface area contributed by atoms with Gasteiger partial charge >= 0.3 is 0 Å². The summed E-state index contributed by atoms with van der Waals surface area (Å²) in [5, 5.41) is 10.3. The number of hydrogen-bond donors (Lipinski definition) is 1. The minimum absolute atomic E-state index is 0.0865. The van der Waals surface area contributed by atoms with Crippen molar-refractivity contribution in [3.63, 3.8) is 0 Å². The SMILES string of the molecule is COc1ccc(C(O)C(C)N(C)C(C)C)cc1. The molecule has 0 saturated carbocycles. The number of likely N-dealkylation sites (N-methyl/N-ethyl adjacent to an activating group) is 1. The van der Waals surface area contributed by atoms with Crippen LogP contribution in [-0.4, -0.2) is 36.2 Å². The first-order valence-corrected chi connectivity index (χ1v) is 6.01. The lowest BCUT2D eigenvalue weighted by molar-refractivity contribution is 0.0571. The maximum absolute atomic E-state index is 10.3. The highest BCUT2D eigenvalue weighted by Gasteiger charge is 2.21. The predicted octanol–water partition coefficient (Wildman–Crippen LogP) is 2.46. The molecule has 1 aromatic rings. The average Bonchev–Trinajstić information content (AvgIpc) is 2.36. The van der Waals surface area contributed by atoms with E-state index in [9.17, 15) is 5.11 Å². The molecule has 0 fully saturated rings. The molecule has 0 saturated heterocycles. The lowest BCUT2D eigenvalue weighted by Crippen LogP contribution is -2.39. The third kappa shape index (κ3) is 3.45. The molecule has 0 aliphatic rings. The number of ether oxygens (including phenoxy) is 1. The van der Waals surface area contributed by atoms with Crippen LogP contribution in [0.5, 0.6) is 5.75 Å². The summed E-state index contributed by atoms with van der Waals surface area (Å²) in [7, 11) is 3.67. The van der Waals surface area contributed by atoms with E-state index < -0.39 is 6.10 Å². The van der Waals surface area contributed by atoms with Crippen LogP contribution in [0.2, 0.25) is 0 Å². The fourth-order valence-electron chi connectivity index (χ4n) is 1.77. The molecule has 1 N–H and O–H groups in total. The molecule has 0 aliphatic heterocycles. The van der Waals surface area contributed by atoms with E-state index >= 15 is 0 Å². The van der Waals surface area contributed by atoms with Gasteiger partial charge in [-0.05, 0) is 45.5 Å². The average molecular weight is 237 g/mol. The van der Waals surface area contributed by atoms with Gasteiger partial charge in [0.1, 0.15) is 5.75 Å². The Bertz CT molecular complexity index is 335. The quantitative estimate of drug-likeness (QED) is 0.854. The van der Waals surface area contributed by atoms with Gasteiger partial charge in [0.05, 0.1) is 13.2 Å². The highest BCUT2D eigenvalue weighted by Crippen LogP contribution is 2.23. The van der Waals surface area contributed by atoms with E-state index in [2.05, 4.69) is 18.7 Å². The van der Waals surface area contributed by atoms with E-state index in [1.165, 1.54) is 0 Å². The summed E-state index contributed by atoms with van der Waals surface area (Å²) in [4.78, 5) is 2.16. The van der Waals surface area contributed by atoms with Crippen molar-refractivity contribution in [2.24, 2.45) is 0 Å². The molecule has 0 heterocycles. The number of nitrogens with zero attached hydrogens (tertiary/aromatic N) is 1. The lowest BCUT2D eigenvalue weighted by atomic mass is 10.0. The molecule has 0 amide bonds. The molecular weight excluding hydrogens is 214 g/mol. The monoisotopic (exact) mass is 237 g/mol. The highest BCUT2D eigenvalue weighted by atomic mass is 16.5. The van der Waals surface area contributed by atoms with Gasteiger partial charge in [-0.15, -0.1) is 0 Å². The van der Waals surface area contributed by atoms with Gasteiger partial charge in [0.2, 0.25) is 0 Å². The normalized spacial score (nSPS) is 15.1. The summed E-state index contributed by atoms with van der Waals surface area (Å²) in [6.45, 7) is 6.28. The van der Waals surface area contributed by atoms with Crippen LogP contribution in [0.25, 0.3) is 0 Å². The largest absolute Gasteiger partial charge is 0.497 e. The van der Waals surface area contributed by atoms with Crippen molar-refractivity contribution in [3.8, 4) is 5.75 Å². The molecule has 0 bridgehead atoms. The zero-order valence-electron chi connectivity index (χ0n) is 11.3. The van der Waals surface area contributed by atoms with Crippen LogP contribution in [0.4, 0.5) is 0 Å². The van der Waals surface area contributed by atoms with Crippen molar-refractivity contribution in [1.82, 2.24) is 4.90 Å². The Balaban J connectivity index is 2.77. The van der Waals surface area contributed by atoms with Crippen LogP contribution in [0, 0.1) is 0 Å². The Labute approximate surface area is 104 Å². The van der Waals surface area contributed by atoms with Gasteiger partial charge < -0.3 is 9.84 Å². The molecule has 0 aliphatic carbocycles. The fourth-order valence-corrected chi connectivity index (χ4v) is 1.77. The standard InChI is InChI=1S/C14H23NO2/c1-10(2)15(4)11(3)14(16)12-6-8-13(17-5)9-7-12/h6-11,14,16H,1-5H3. The Morgan fingerprint density at radius 3 is 2.06 bits per heavy atom. The van der Waals surface area contributed by atoms with E-state index in [0.29, 0.717) is 6.04 Å². The zero-order chi connectivity index (χ0) is 13.0. The molecule has 17 heavy (non-hydrogen) atoms. The van der Waals surface area contributed by atoms with E-state index in [4.69, 9.17) is 4.74 Å². The number of methoxy groups -OCH3 is 1. The molecule has 0 spiro atoms. The van der Waals surface area contributed by atoms with Gasteiger partial charge in [0.15, 0.2) is 0 Å². The third-order valence-electron chi connectivity index (χ3n) is 3.37. The second-order valence-corrected chi connectivity index (χ2v) is 4.72. The van der Waals surface area contributed by atoms with Crippen LogP contribution < -0.4 is 4.74 Å². The smallest absolute Gasteiger partial charge is 0.118 e. The highest BCUT2D eigenvalue weighted by molar-refractivity contribution is 5.29. The maximum Gasteiger partial charge on any atom is 0.118 e. The number of aliphatic hydroxyl groups excluding tert-OH is 1. The van der Waals surface area contributed by atoms with Crippen LogP contribution in [0.15, 0.2) is 24.3 Å². The summed E-state index contributed by atoms with van der Waals surface area (Å²) in [6.07, 6.45) is -0.478. The molecule has 2 atom stereocenters. The molecule has 0 aromatic heterocycles. The number of hydrogen-bond acceptors (Lipinski definition) is 3. The number of aliphatic hydroxyl groups is 1. The summed E-state index contributed by atoms with van der Waals surface area (Å²) in [5.41, 5.74) is 0.922. The molecule has 1 aromatic carbocycles.